The molecule has 0 heterocycles. The SMILES string of the molecule is CC(=O)C1CCCCC1.CCC.CCCC(CC1CC(=O)c2c(C)cccc2C1)C(CC)C(=O)CC(C)=O.Cc1ccc(C)cc1. The van der Waals surface area contributed by atoms with Gasteiger partial charge in [0, 0.05) is 23.8 Å². The third-order valence-electron chi connectivity index (χ3n) is 9.16. The smallest absolute Gasteiger partial charge is 0.163 e. The average Bonchev–Trinajstić information content (AvgIpc) is 3.00. The number of hydrogen-bond acceptors (Lipinski definition) is 4. The van der Waals surface area contributed by atoms with Gasteiger partial charge in [0.15, 0.2) is 5.78 Å². The molecular formula is C42H64O4. The van der Waals surface area contributed by atoms with Crippen molar-refractivity contribution in [3.63, 3.8) is 0 Å². The lowest BCUT2D eigenvalue weighted by atomic mass is 9.72. The predicted molar refractivity (Wildman–Crippen MR) is 194 cm³/mol. The lowest BCUT2D eigenvalue weighted by molar-refractivity contribution is -0.130. The van der Waals surface area contributed by atoms with E-state index in [4.69, 9.17) is 0 Å². The van der Waals surface area contributed by atoms with Crippen molar-refractivity contribution >= 4 is 23.1 Å². The number of aryl methyl sites for hydroxylation is 3. The van der Waals surface area contributed by atoms with Gasteiger partial charge in [0.1, 0.15) is 17.3 Å². The fourth-order valence-corrected chi connectivity index (χ4v) is 6.84. The Morgan fingerprint density at radius 1 is 0.804 bits per heavy atom. The van der Waals surface area contributed by atoms with E-state index in [1.807, 2.05) is 26.0 Å². The molecule has 1 fully saturated rings. The maximum atomic E-state index is 12.7. The van der Waals surface area contributed by atoms with Gasteiger partial charge in [-0.2, -0.15) is 0 Å². The Kier molecular flexibility index (Phi) is 20.2. The quantitative estimate of drug-likeness (QED) is 0.244. The van der Waals surface area contributed by atoms with Crippen LogP contribution in [0.5, 0.6) is 0 Å². The van der Waals surface area contributed by atoms with Crippen molar-refractivity contribution < 1.29 is 19.2 Å². The van der Waals surface area contributed by atoms with Gasteiger partial charge in [-0.1, -0.05) is 120 Å². The van der Waals surface area contributed by atoms with E-state index >= 15 is 0 Å². The highest BCUT2D eigenvalue weighted by Crippen LogP contribution is 2.36. The Morgan fingerprint density at radius 3 is 1.83 bits per heavy atom. The number of hydrogen-bond donors (Lipinski definition) is 0. The largest absolute Gasteiger partial charge is 0.300 e. The Morgan fingerprint density at radius 2 is 1.37 bits per heavy atom. The molecule has 0 saturated heterocycles. The van der Waals surface area contributed by atoms with Crippen LogP contribution in [0, 0.1) is 44.4 Å². The van der Waals surface area contributed by atoms with Gasteiger partial charge in [-0.15, -0.1) is 0 Å². The third kappa shape index (κ3) is 15.1. The summed E-state index contributed by atoms with van der Waals surface area (Å²) in [6.45, 7) is 17.8. The molecule has 2 aliphatic carbocycles. The third-order valence-corrected chi connectivity index (χ3v) is 9.16. The highest BCUT2D eigenvalue weighted by molar-refractivity contribution is 6.00. The van der Waals surface area contributed by atoms with Crippen molar-refractivity contribution in [1.29, 1.82) is 0 Å². The van der Waals surface area contributed by atoms with Crippen molar-refractivity contribution in [2.45, 2.75) is 146 Å². The second kappa shape index (κ2) is 22.6. The van der Waals surface area contributed by atoms with E-state index in [2.05, 4.69) is 65.0 Å². The molecule has 0 bridgehead atoms. The van der Waals surface area contributed by atoms with Gasteiger partial charge in [0.2, 0.25) is 0 Å². The van der Waals surface area contributed by atoms with Crippen LogP contribution in [-0.4, -0.2) is 23.1 Å². The van der Waals surface area contributed by atoms with Gasteiger partial charge in [-0.05, 0) is 89.7 Å². The number of rotatable bonds is 10. The summed E-state index contributed by atoms with van der Waals surface area (Å²) in [7, 11) is 0. The van der Waals surface area contributed by atoms with Crippen LogP contribution in [0.15, 0.2) is 42.5 Å². The molecule has 46 heavy (non-hydrogen) atoms. The predicted octanol–water partition coefficient (Wildman–Crippen LogP) is 11.0. The number of fused-ring (bicyclic) bond motifs is 1. The summed E-state index contributed by atoms with van der Waals surface area (Å²) in [5, 5.41) is 0. The second-order valence-electron chi connectivity index (χ2n) is 13.8. The first-order chi connectivity index (χ1) is 21.9. The summed E-state index contributed by atoms with van der Waals surface area (Å²) in [5.74, 6) is 1.58. The summed E-state index contributed by atoms with van der Waals surface area (Å²) in [5.41, 5.74) is 5.80. The minimum atomic E-state index is -0.0622. The second-order valence-corrected chi connectivity index (χ2v) is 13.8. The molecular weight excluding hydrogens is 568 g/mol. The zero-order valence-corrected chi connectivity index (χ0v) is 30.7. The highest BCUT2D eigenvalue weighted by Gasteiger charge is 2.32. The first-order valence-electron chi connectivity index (χ1n) is 18.1. The summed E-state index contributed by atoms with van der Waals surface area (Å²) in [6.07, 6.45) is 12.6. The maximum Gasteiger partial charge on any atom is 0.163 e. The first-order valence-corrected chi connectivity index (χ1v) is 18.1. The summed E-state index contributed by atoms with van der Waals surface area (Å²) >= 11 is 0. The standard InChI is InChI=1S/C23H32O3.C8H14O.C8H10.C3H8/c1-5-8-18(20(6-2)21(25)11-16(4)24)12-17-13-19-10-7-9-15(3)23(19)22(26)14-17;1-7(9)8-5-3-2-4-6-8;1-7-3-5-8(2)6-4-7;1-3-2/h7,9-10,17-18,20H,5-6,8,11-14H2,1-4H3;8H,2-6H2,1H3;3-6H,1-2H3;3H2,1-2H3. The lowest BCUT2D eigenvalue weighted by Gasteiger charge is -2.31. The van der Waals surface area contributed by atoms with Crippen LogP contribution in [0.3, 0.4) is 0 Å². The molecule has 4 rings (SSSR count). The Bertz CT molecular complexity index is 1180. The van der Waals surface area contributed by atoms with E-state index in [0.29, 0.717) is 24.0 Å². The van der Waals surface area contributed by atoms with E-state index in [9.17, 15) is 19.2 Å². The molecule has 4 heteroatoms. The molecule has 2 aliphatic rings. The number of benzene rings is 2. The lowest BCUT2D eigenvalue weighted by Crippen LogP contribution is -2.29. The summed E-state index contributed by atoms with van der Waals surface area (Å²) < 4.78 is 0. The molecule has 0 amide bonds. The zero-order chi connectivity index (χ0) is 34.6. The molecule has 256 valence electrons. The van der Waals surface area contributed by atoms with Crippen LogP contribution in [0.25, 0.3) is 0 Å². The van der Waals surface area contributed by atoms with E-state index in [-0.39, 0.29) is 35.6 Å². The van der Waals surface area contributed by atoms with Crippen molar-refractivity contribution in [1.82, 2.24) is 0 Å². The summed E-state index contributed by atoms with van der Waals surface area (Å²) in [6, 6.07) is 14.6. The van der Waals surface area contributed by atoms with Gasteiger partial charge < -0.3 is 0 Å². The minimum Gasteiger partial charge on any atom is -0.300 e. The van der Waals surface area contributed by atoms with E-state index < -0.39 is 0 Å². The molecule has 3 atom stereocenters. The van der Waals surface area contributed by atoms with E-state index in [0.717, 1.165) is 61.6 Å². The van der Waals surface area contributed by atoms with Crippen molar-refractivity contribution in [2.75, 3.05) is 0 Å². The molecule has 2 aromatic rings. The monoisotopic (exact) mass is 632 g/mol. The van der Waals surface area contributed by atoms with Gasteiger partial charge >= 0.3 is 0 Å². The molecule has 0 aliphatic heterocycles. The van der Waals surface area contributed by atoms with Crippen LogP contribution in [0.1, 0.15) is 151 Å². The van der Waals surface area contributed by atoms with Crippen LogP contribution in [-0.2, 0) is 20.8 Å². The molecule has 0 aromatic heterocycles. The summed E-state index contributed by atoms with van der Waals surface area (Å²) in [4.78, 5) is 47.4. The highest BCUT2D eigenvalue weighted by atomic mass is 16.1. The fraction of sp³-hybridized carbons (Fsp3) is 0.619. The molecule has 3 unspecified atom stereocenters. The van der Waals surface area contributed by atoms with Gasteiger partial charge in [0.25, 0.3) is 0 Å². The van der Waals surface area contributed by atoms with Crippen molar-refractivity contribution in [2.24, 2.45) is 23.7 Å². The van der Waals surface area contributed by atoms with Crippen molar-refractivity contribution in [3.8, 4) is 0 Å². The zero-order valence-electron chi connectivity index (χ0n) is 30.7. The number of ketones is 4. The van der Waals surface area contributed by atoms with Crippen LogP contribution >= 0.6 is 0 Å². The van der Waals surface area contributed by atoms with Gasteiger partial charge in [-0.25, -0.2) is 0 Å². The molecule has 0 spiro atoms. The van der Waals surface area contributed by atoms with E-state index in [1.165, 1.54) is 43.7 Å². The molecule has 2 aromatic carbocycles. The van der Waals surface area contributed by atoms with Gasteiger partial charge in [-0.3, -0.25) is 19.2 Å². The first kappa shape index (κ1) is 41.1. The molecule has 0 N–H and O–H groups in total. The normalized spacial score (nSPS) is 17.0. The number of carbonyl (C=O) groups is 4. The Balaban J connectivity index is 0.000000426. The maximum absolute atomic E-state index is 12.7. The van der Waals surface area contributed by atoms with Crippen LogP contribution in [0.4, 0.5) is 0 Å². The topological polar surface area (TPSA) is 68.3 Å². The van der Waals surface area contributed by atoms with Gasteiger partial charge in [0.05, 0.1) is 6.42 Å². The Labute approximate surface area is 281 Å². The Hall–Kier alpha value is -2.88. The molecule has 0 radical (unpaired) electrons. The molecule has 4 nitrogen and oxygen atoms in total. The number of carbonyl (C=O) groups excluding carboxylic acids is 4. The van der Waals surface area contributed by atoms with Crippen LogP contribution in [0.2, 0.25) is 0 Å². The number of Topliss-reactive ketones (excluding diaryl/α,β-unsaturated/α-hetero) is 4. The average molecular weight is 633 g/mol. The minimum absolute atomic E-state index is 0.0460. The van der Waals surface area contributed by atoms with Crippen LogP contribution < -0.4 is 0 Å². The molecule has 1 saturated carbocycles. The van der Waals surface area contributed by atoms with E-state index in [1.54, 1.807) is 6.92 Å². The fourth-order valence-electron chi connectivity index (χ4n) is 6.84. The van der Waals surface area contributed by atoms with Crippen molar-refractivity contribution in [3.05, 3.63) is 70.3 Å².